The lowest BCUT2D eigenvalue weighted by Crippen LogP contribution is -2.49. The normalized spacial score (nSPS) is 18.1. The van der Waals surface area contributed by atoms with E-state index in [-0.39, 0.29) is 11.3 Å². The first-order valence-corrected chi connectivity index (χ1v) is 7.27. The number of nitrogens with zero attached hydrogens (tertiary/aromatic N) is 1. The van der Waals surface area contributed by atoms with Gasteiger partial charge in [0.15, 0.2) is 0 Å². The Morgan fingerprint density at radius 2 is 2.00 bits per heavy atom. The van der Waals surface area contributed by atoms with E-state index in [2.05, 4.69) is 24.3 Å². The summed E-state index contributed by atoms with van der Waals surface area (Å²) in [4.78, 5) is 2.33. The van der Waals surface area contributed by atoms with Crippen LogP contribution in [0.1, 0.15) is 31.2 Å². The zero-order valence-electron chi connectivity index (χ0n) is 11.7. The van der Waals surface area contributed by atoms with Crippen LogP contribution in [-0.4, -0.2) is 36.2 Å². The van der Waals surface area contributed by atoms with Crippen LogP contribution in [0.2, 0.25) is 5.02 Å². The molecule has 1 aliphatic carbocycles. The number of likely N-dealkylation sites (N-methyl/N-ethyl adjacent to an activating group) is 1. The highest BCUT2D eigenvalue weighted by atomic mass is 35.5. The Labute approximate surface area is 120 Å². The van der Waals surface area contributed by atoms with E-state index in [1.165, 1.54) is 25.7 Å². The lowest BCUT2D eigenvalue weighted by Gasteiger charge is -2.36. The summed E-state index contributed by atoms with van der Waals surface area (Å²) in [6, 6.07) is 5.26. The first-order valence-electron chi connectivity index (χ1n) is 6.90. The Morgan fingerprint density at radius 1 is 1.32 bits per heavy atom. The number of hydrogen-bond donors (Lipinski definition) is 2. The molecular weight excluding hydrogens is 260 g/mol. The summed E-state index contributed by atoms with van der Waals surface area (Å²) in [7, 11) is 4.31. The standard InChI is InChI=1S/C15H23ClN2O/c1-18(2)15(8-3-4-9-15)11-17-10-12-13(16)6-5-7-14(12)19/h5-7,17,19H,3-4,8-11H2,1-2H3. The average molecular weight is 283 g/mol. The van der Waals surface area contributed by atoms with Crippen molar-refractivity contribution >= 4 is 11.6 Å². The molecule has 1 aliphatic rings. The molecule has 4 heteroatoms. The van der Waals surface area contributed by atoms with E-state index in [9.17, 15) is 5.11 Å². The Morgan fingerprint density at radius 3 is 2.58 bits per heavy atom. The first kappa shape index (κ1) is 14.6. The van der Waals surface area contributed by atoms with Gasteiger partial charge in [0, 0.05) is 29.2 Å². The van der Waals surface area contributed by atoms with Gasteiger partial charge in [-0.15, -0.1) is 0 Å². The summed E-state index contributed by atoms with van der Waals surface area (Å²) in [6.45, 7) is 1.55. The van der Waals surface area contributed by atoms with Gasteiger partial charge in [-0.05, 0) is 39.1 Å². The van der Waals surface area contributed by atoms with Crippen molar-refractivity contribution in [3.8, 4) is 5.75 Å². The van der Waals surface area contributed by atoms with E-state index >= 15 is 0 Å². The third-order valence-corrected chi connectivity index (χ3v) is 4.69. The third kappa shape index (κ3) is 3.22. The van der Waals surface area contributed by atoms with Crippen molar-refractivity contribution in [2.75, 3.05) is 20.6 Å². The molecule has 19 heavy (non-hydrogen) atoms. The van der Waals surface area contributed by atoms with Gasteiger partial charge in [0.05, 0.1) is 0 Å². The third-order valence-electron chi connectivity index (χ3n) is 4.33. The Kier molecular flexibility index (Phi) is 4.71. The molecule has 1 saturated carbocycles. The molecule has 0 spiro atoms. The van der Waals surface area contributed by atoms with E-state index in [1.807, 2.05) is 6.07 Å². The molecule has 0 saturated heterocycles. The topological polar surface area (TPSA) is 35.5 Å². The summed E-state index contributed by atoms with van der Waals surface area (Å²) >= 11 is 6.11. The number of phenols is 1. The maximum Gasteiger partial charge on any atom is 0.121 e. The van der Waals surface area contributed by atoms with E-state index in [1.54, 1.807) is 12.1 Å². The highest BCUT2D eigenvalue weighted by Crippen LogP contribution is 2.33. The van der Waals surface area contributed by atoms with Gasteiger partial charge in [-0.2, -0.15) is 0 Å². The minimum Gasteiger partial charge on any atom is -0.508 e. The molecule has 0 radical (unpaired) electrons. The second-order valence-corrected chi connectivity index (χ2v) is 6.07. The van der Waals surface area contributed by atoms with Crippen LogP contribution in [-0.2, 0) is 6.54 Å². The average Bonchev–Trinajstić information content (AvgIpc) is 2.83. The zero-order chi connectivity index (χ0) is 13.9. The SMILES string of the molecule is CN(C)C1(CNCc2c(O)cccc2Cl)CCCC1. The van der Waals surface area contributed by atoms with E-state index in [4.69, 9.17) is 11.6 Å². The van der Waals surface area contributed by atoms with Crippen LogP contribution in [0.15, 0.2) is 18.2 Å². The van der Waals surface area contributed by atoms with Gasteiger partial charge in [0.1, 0.15) is 5.75 Å². The van der Waals surface area contributed by atoms with Crippen molar-refractivity contribution in [2.45, 2.75) is 37.8 Å². The van der Waals surface area contributed by atoms with Crippen LogP contribution in [0.25, 0.3) is 0 Å². The lowest BCUT2D eigenvalue weighted by molar-refractivity contribution is 0.153. The molecule has 0 unspecified atom stereocenters. The predicted molar refractivity (Wildman–Crippen MR) is 79.7 cm³/mol. The van der Waals surface area contributed by atoms with Crippen LogP contribution in [0, 0.1) is 0 Å². The monoisotopic (exact) mass is 282 g/mol. The Hall–Kier alpha value is -0.770. The fourth-order valence-corrected chi connectivity index (χ4v) is 3.19. The summed E-state index contributed by atoms with van der Waals surface area (Å²) in [5, 5.41) is 13.9. The van der Waals surface area contributed by atoms with Crippen molar-refractivity contribution in [1.29, 1.82) is 0 Å². The molecular formula is C15H23ClN2O. The van der Waals surface area contributed by atoms with Crippen molar-refractivity contribution in [3.63, 3.8) is 0 Å². The summed E-state index contributed by atoms with van der Waals surface area (Å²) < 4.78 is 0. The van der Waals surface area contributed by atoms with Crippen molar-refractivity contribution in [1.82, 2.24) is 10.2 Å². The Bertz CT molecular complexity index is 408. The predicted octanol–water partition coefficient (Wildman–Crippen LogP) is 3.01. The fourth-order valence-electron chi connectivity index (χ4n) is 2.96. The van der Waals surface area contributed by atoms with E-state index < -0.39 is 0 Å². The van der Waals surface area contributed by atoms with Crippen LogP contribution < -0.4 is 5.32 Å². The zero-order valence-corrected chi connectivity index (χ0v) is 12.5. The van der Waals surface area contributed by atoms with Crippen LogP contribution in [0.5, 0.6) is 5.75 Å². The number of benzene rings is 1. The van der Waals surface area contributed by atoms with Crippen molar-refractivity contribution in [2.24, 2.45) is 0 Å². The smallest absolute Gasteiger partial charge is 0.121 e. The minimum absolute atomic E-state index is 0.261. The van der Waals surface area contributed by atoms with Gasteiger partial charge in [-0.25, -0.2) is 0 Å². The summed E-state index contributed by atoms with van der Waals surface area (Å²) in [5.41, 5.74) is 1.05. The van der Waals surface area contributed by atoms with Crippen molar-refractivity contribution < 1.29 is 5.11 Å². The molecule has 3 nitrogen and oxygen atoms in total. The van der Waals surface area contributed by atoms with E-state index in [0.29, 0.717) is 11.6 Å². The second kappa shape index (κ2) is 6.12. The van der Waals surface area contributed by atoms with Gasteiger partial charge >= 0.3 is 0 Å². The van der Waals surface area contributed by atoms with Gasteiger partial charge in [0.25, 0.3) is 0 Å². The number of rotatable bonds is 5. The summed E-state index contributed by atoms with van der Waals surface area (Å²) in [6.07, 6.45) is 5.08. The molecule has 1 fully saturated rings. The fraction of sp³-hybridized carbons (Fsp3) is 0.600. The minimum atomic E-state index is 0.261. The van der Waals surface area contributed by atoms with E-state index in [0.717, 1.165) is 12.1 Å². The number of hydrogen-bond acceptors (Lipinski definition) is 3. The maximum absolute atomic E-state index is 9.82. The lowest BCUT2D eigenvalue weighted by atomic mass is 9.96. The molecule has 0 aromatic heterocycles. The van der Waals surface area contributed by atoms with Gasteiger partial charge in [-0.3, -0.25) is 0 Å². The number of halogens is 1. The van der Waals surface area contributed by atoms with Crippen LogP contribution in [0.4, 0.5) is 0 Å². The second-order valence-electron chi connectivity index (χ2n) is 5.67. The molecule has 2 N–H and O–H groups in total. The number of phenolic OH excluding ortho intramolecular Hbond substituents is 1. The molecule has 106 valence electrons. The van der Waals surface area contributed by atoms with Gasteiger partial charge in [0.2, 0.25) is 0 Å². The van der Waals surface area contributed by atoms with Crippen molar-refractivity contribution in [3.05, 3.63) is 28.8 Å². The van der Waals surface area contributed by atoms with Gasteiger partial charge in [-0.1, -0.05) is 30.5 Å². The first-order chi connectivity index (χ1) is 9.05. The highest BCUT2D eigenvalue weighted by Gasteiger charge is 2.35. The highest BCUT2D eigenvalue weighted by molar-refractivity contribution is 6.31. The van der Waals surface area contributed by atoms with Gasteiger partial charge < -0.3 is 15.3 Å². The molecule has 0 bridgehead atoms. The summed E-state index contributed by atoms with van der Waals surface area (Å²) in [5.74, 6) is 0.269. The number of nitrogens with one attached hydrogen (secondary N) is 1. The number of aromatic hydroxyl groups is 1. The molecule has 2 rings (SSSR count). The maximum atomic E-state index is 9.82. The quantitative estimate of drug-likeness (QED) is 0.871. The largest absolute Gasteiger partial charge is 0.508 e. The molecule has 1 aromatic carbocycles. The molecule has 1 aromatic rings. The van der Waals surface area contributed by atoms with Crippen LogP contribution >= 0.6 is 11.6 Å². The van der Waals surface area contributed by atoms with Crippen LogP contribution in [0.3, 0.4) is 0 Å². The molecule has 0 atom stereocenters. The Balaban J connectivity index is 1.96. The molecule has 0 heterocycles. The molecule has 0 amide bonds. The molecule has 0 aliphatic heterocycles.